The van der Waals surface area contributed by atoms with Crippen LogP contribution in [0.15, 0.2) is 48.5 Å². The summed E-state index contributed by atoms with van der Waals surface area (Å²) in [7, 11) is 0. The molecule has 2 amide bonds. The molecule has 2 heterocycles. The Kier molecular flexibility index (Phi) is 6.89. The molecule has 1 aromatic heterocycles. The number of nitrogens with zero attached hydrogens (tertiary/aromatic N) is 1. The second-order valence-corrected chi connectivity index (χ2v) is 11.0. The van der Waals surface area contributed by atoms with Crippen LogP contribution < -0.4 is 5.32 Å². The number of carboxylic acid groups (broad SMARTS) is 1. The molecule has 0 radical (unpaired) electrons. The molecule has 0 fully saturated rings. The fourth-order valence-electron chi connectivity index (χ4n) is 4.17. The van der Waals surface area contributed by atoms with Crippen molar-refractivity contribution in [2.75, 3.05) is 11.9 Å². The summed E-state index contributed by atoms with van der Waals surface area (Å²) in [4.78, 5) is 39.9. The van der Waals surface area contributed by atoms with E-state index in [-0.39, 0.29) is 41.1 Å². The van der Waals surface area contributed by atoms with E-state index in [1.54, 1.807) is 12.1 Å². The van der Waals surface area contributed by atoms with E-state index < -0.39 is 29.5 Å². The third kappa shape index (κ3) is 5.53. The van der Waals surface area contributed by atoms with Gasteiger partial charge in [-0.1, -0.05) is 32.9 Å². The Balaban J connectivity index is 1.54. The topological polar surface area (TPSA) is 86.7 Å². The summed E-state index contributed by atoms with van der Waals surface area (Å²) < 4.78 is 38.5. The van der Waals surface area contributed by atoms with Gasteiger partial charge in [-0.3, -0.25) is 9.59 Å². The van der Waals surface area contributed by atoms with Crippen molar-refractivity contribution in [2.24, 2.45) is 0 Å². The van der Waals surface area contributed by atoms with E-state index in [0.717, 1.165) is 41.2 Å². The second kappa shape index (κ2) is 9.66. The maximum absolute atomic E-state index is 12.9. The zero-order chi connectivity index (χ0) is 27.1. The van der Waals surface area contributed by atoms with Crippen LogP contribution in [-0.2, 0) is 24.6 Å². The summed E-state index contributed by atoms with van der Waals surface area (Å²) in [5.41, 5.74) is 1.17. The highest BCUT2D eigenvalue weighted by molar-refractivity contribution is 7.17. The van der Waals surface area contributed by atoms with Crippen LogP contribution in [0.2, 0.25) is 0 Å². The third-order valence-electron chi connectivity index (χ3n) is 6.26. The summed E-state index contributed by atoms with van der Waals surface area (Å²) >= 11 is 1.09. The molecule has 4 rings (SSSR count). The molecule has 0 saturated carbocycles. The molecule has 10 heteroatoms. The van der Waals surface area contributed by atoms with E-state index in [2.05, 4.69) is 26.1 Å². The average molecular weight is 531 g/mol. The minimum atomic E-state index is -4.50. The number of carbonyl (C=O) groups excluding carboxylic acids is 2. The van der Waals surface area contributed by atoms with E-state index in [9.17, 15) is 32.7 Å². The Labute approximate surface area is 215 Å². The van der Waals surface area contributed by atoms with Crippen molar-refractivity contribution in [3.63, 3.8) is 0 Å². The van der Waals surface area contributed by atoms with Gasteiger partial charge in [0.1, 0.15) is 5.00 Å². The van der Waals surface area contributed by atoms with Gasteiger partial charge in [-0.15, -0.1) is 11.3 Å². The lowest BCUT2D eigenvalue weighted by atomic mass is 9.87. The zero-order valence-electron chi connectivity index (χ0n) is 20.4. The molecular formula is C27H25F3N2O4S. The van der Waals surface area contributed by atoms with Gasteiger partial charge >= 0.3 is 12.1 Å². The fourth-order valence-corrected chi connectivity index (χ4v) is 5.42. The number of benzene rings is 2. The van der Waals surface area contributed by atoms with Crippen molar-refractivity contribution in [3.8, 4) is 0 Å². The first kappa shape index (κ1) is 26.4. The Morgan fingerprint density at radius 3 is 2.03 bits per heavy atom. The predicted octanol–water partition coefficient (Wildman–Crippen LogP) is 6.21. The normalized spacial score (nSPS) is 13.7. The van der Waals surface area contributed by atoms with Crippen molar-refractivity contribution in [1.29, 1.82) is 0 Å². The maximum Gasteiger partial charge on any atom is 0.416 e. The van der Waals surface area contributed by atoms with Crippen LogP contribution >= 0.6 is 11.3 Å². The van der Waals surface area contributed by atoms with Crippen molar-refractivity contribution >= 4 is 34.1 Å². The summed E-state index contributed by atoms with van der Waals surface area (Å²) in [5.74, 6) is -2.08. The van der Waals surface area contributed by atoms with E-state index >= 15 is 0 Å². The first-order valence-corrected chi connectivity index (χ1v) is 12.3. The van der Waals surface area contributed by atoms with E-state index in [1.165, 1.54) is 4.90 Å². The monoisotopic (exact) mass is 530 g/mol. The van der Waals surface area contributed by atoms with Crippen LogP contribution in [0, 0.1) is 0 Å². The molecule has 0 unspecified atom stereocenters. The molecule has 0 atom stereocenters. The molecule has 1 aliphatic heterocycles. The van der Waals surface area contributed by atoms with E-state index in [4.69, 9.17) is 0 Å². The number of halogens is 3. The lowest BCUT2D eigenvalue weighted by Gasteiger charge is -2.27. The molecule has 1 aliphatic rings. The maximum atomic E-state index is 12.9. The summed E-state index contributed by atoms with van der Waals surface area (Å²) in [6.45, 7) is 6.47. The van der Waals surface area contributed by atoms with Crippen LogP contribution in [0.1, 0.15) is 73.4 Å². The number of carbonyl (C=O) groups is 3. The van der Waals surface area contributed by atoms with E-state index in [0.29, 0.717) is 16.0 Å². The number of fused-ring (bicyclic) bond motifs is 1. The third-order valence-corrected chi connectivity index (χ3v) is 7.39. The highest BCUT2D eigenvalue weighted by Crippen LogP contribution is 2.38. The van der Waals surface area contributed by atoms with Crippen LogP contribution in [0.5, 0.6) is 0 Å². The fraction of sp³-hybridized carbons (Fsp3) is 0.296. The standard InChI is InChI=1S/C27H25F3N2O4S/c1-26(2,3)17-8-4-15(5-9-17)22(33)31-23-21(25(35)36)19-12-13-32(14-20(19)37-23)24(34)16-6-10-18(11-7-16)27(28,29)30/h4-11H,12-14H2,1-3H3,(H,31,33)(H,35,36). The molecular weight excluding hydrogens is 505 g/mol. The largest absolute Gasteiger partial charge is 0.478 e. The van der Waals surface area contributed by atoms with Gasteiger partial charge in [0.2, 0.25) is 0 Å². The van der Waals surface area contributed by atoms with Crippen molar-refractivity contribution in [1.82, 2.24) is 4.90 Å². The number of hydrogen-bond donors (Lipinski definition) is 2. The first-order valence-electron chi connectivity index (χ1n) is 11.5. The Hall–Kier alpha value is -3.66. The Morgan fingerprint density at radius 1 is 0.919 bits per heavy atom. The van der Waals surface area contributed by atoms with Crippen LogP contribution in [0.3, 0.4) is 0 Å². The van der Waals surface area contributed by atoms with Gasteiger partial charge in [-0.2, -0.15) is 13.2 Å². The predicted molar refractivity (Wildman–Crippen MR) is 134 cm³/mol. The van der Waals surface area contributed by atoms with Gasteiger partial charge in [-0.05, 0) is 59.4 Å². The highest BCUT2D eigenvalue weighted by atomic mass is 32.1. The van der Waals surface area contributed by atoms with Crippen molar-refractivity contribution in [3.05, 3.63) is 86.8 Å². The number of carboxylic acids is 1. The number of rotatable bonds is 4. The number of amides is 2. The van der Waals surface area contributed by atoms with Gasteiger partial charge in [0.25, 0.3) is 11.8 Å². The zero-order valence-corrected chi connectivity index (χ0v) is 21.2. The SMILES string of the molecule is CC(C)(C)c1ccc(C(=O)Nc2sc3c(c2C(=O)O)CCN(C(=O)c2ccc(C(F)(F)F)cc2)C3)cc1. The molecule has 0 aliphatic carbocycles. The van der Waals surface area contributed by atoms with Crippen molar-refractivity contribution in [2.45, 2.75) is 45.3 Å². The molecule has 194 valence electrons. The minimum absolute atomic E-state index is 0.00120. The number of aromatic carboxylic acids is 1. The van der Waals surface area contributed by atoms with Gasteiger partial charge in [-0.25, -0.2) is 4.79 Å². The lowest BCUT2D eigenvalue weighted by molar-refractivity contribution is -0.137. The van der Waals surface area contributed by atoms with Crippen LogP contribution in [0.25, 0.3) is 0 Å². The summed E-state index contributed by atoms with van der Waals surface area (Å²) in [6, 6.07) is 11.1. The quantitative estimate of drug-likeness (QED) is 0.420. The molecule has 0 spiro atoms. The molecule has 2 aromatic carbocycles. The summed E-state index contributed by atoms with van der Waals surface area (Å²) in [6.07, 6.45) is -4.25. The smallest absolute Gasteiger partial charge is 0.416 e. The van der Waals surface area contributed by atoms with E-state index in [1.807, 2.05) is 12.1 Å². The lowest BCUT2D eigenvalue weighted by Crippen LogP contribution is -2.35. The average Bonchev–Trinajstić information content (AvgIpc) is 3.19. The number of hydrogen-bond acceptors (Lipinski definition) is 4. The number of thiophene rings is 1. The molecule has 37 heavy (non-hydrogen) atoms. The number of alkyl halides is 3. The second-order valence-electron chi connectivity index (χ2n) is 9.85. The van der Waals surface area contributed by atoms with Crippen LogP contribution in [-0.4, -0.2) is 34.3 Å². The molecule has 0 bridgehead atoms. The number of anilines is 1. The van der Waals surface area contributed by atoms with Gasteiger partial charge in [0.05, 0.1) is 17.7 Å². The minimum Gasteiger partial charge on any atom is -0.478 e. The van der Waals surface area contributed by atoms with Gasteiger partial charge in [0, 0.05) is 22.5 Å². The van der Waals surface area contributed by atoms with Gasteiger partial charge in [0.15, 0.2) is 0 Å². The molecule has 0 saturated heterocycles. The molecule has 3 aromatic rings. The van der Waals surface area contributed by atoms with Crippen LogP contribution in [0.4, 0.5) is 18.2 Å². The Morgan fingerprint density at radius 2 is 1.49 bits per heavy atom. The highest BCUT2D eigenvalue weighted by Gasteiger charge is 2.32. The Bertz CT molecular complexity index is 1350. The summed E-state index contributed by atoms with van der Waals surface area (Å²) in [5, 5.41) is 12.7. The first-order chi connectivity index (χ1) is 17.3. The number of nitrogens with one attached hydrogen (secondary N) is 1. The molecule has 6 nitrogen and oxygen atoms in total. The molecule has 2 N–H and O–H groups in total. The van der Waals surface area contributed by atoms with Gasteiger partial charge < -0.3 is 15.3 Å². The van der Waals surface area contributed by atoms with Crippen molar-refractivity contribution < 1.29 is 32.7 Å².